The summed E-state index contributed by atoms with van der Waals surface area (Å²) in [5.74, 6) is 0.662. The molecule has 6 nitrogen and oxygen atoms in total. The number of aromatic amines is 1. The molecule has 0 bridgehead atoms. The van der Waals surface area contributed by atoms with E-state index in [2.05, 4.69) is 66.4 Å². The second-order valence-electron chi connectivity index (χ2n) is 9.76. The smallest absolute Gasteiger partial charge is 0.198 e. The molecule has 0 radical (unpaired) electrons. The summed E-state index contributed by atoms with van der Waals surface area (Å²) in [6.45, 7) is 12.1. The van der Waals surface area contributed by atoms with E-state index in [0.717, 1.165) is 23.4 Å². The molecule has 1 heterocycles. The van der Waals surface area contributed by atoms with Gasteiger partial charge in [0.05, 0.1) is 16.9 Å². The van der Waals surface area contributed by atoms with Gasteiger partial charge in [0.2, 0.25) is 0 Å². The van der Waals surface area contributed by atoms with E-state index in [1.807, 2.05) is 6.92 Å². The maximum Gasteiger partial charge on any atom is 0.198 e. The normalized spacial score (nSPS) is 18.4. The minimum atomic E-state index is -0.837. The van der Waals surface area contributed by atoms with E-state index in [9.17, 15) is 10.2 Å². The number of amidine groups is 1. The summed E-state index contributed by atoms with van der Waals surface area (Å²) < 4.78 is 0. The van der Waals surface area contributed by atoms with Gasteiger partial charge >= 0.3 is 0 Å². The van der Waals surface area contributed by atoms with Crippen molar-refractivity contribution in [2.75, 3.05) is 6.54 Å². The number of aliphatic imine (C=N–C) groups is 1. The number of aryl methyl sites for hydroxylation is 2. The molecule has 1 aromatic carbocycles. The number of rotatable bonds is 8. The Kier molecular flexibility index (Phi) is 7.82. The summed E-state index contributed by atoms with van der Waals surface area (Å²) in [6.07, 6.45) is 9.60. The zero-order valence-corrected chi connectivity index (χ0v) is 21.2. The van der Waals surface area contributed by atoms with Crippen molar-refractivity contribution in [2.45, 2.75) is 65.9 Å². The van der Waals surface area contributed by atoms with Gasteiger partial charge in [0.15, 0.2) is 5.88 Å². The van der Waals surface area contributed by atoms with E-state index >= 15 is 0 Å². The quantitative estimate of drug-likeness (QED) is 0.306. The molecule has 182 valence electrons. The summed E-state index contributed by atoms with van der Waals surface area (Å²) in [4.78, 5) is 7.52. The summed E-state index contributed by atoms with van der Waals surface area (Å²) in [5, 5.41) is 33.5. The van der Waals surface area contributed by atoms with Crippen LogP contribution in [-0.4, -0.2) is 38.9 Å². The molecule has 0 saturated heterocycles. The lowest BCUT2D eigenvalue weighted by Crippen LogP contribution is -2.34. The number of H-pyrrole nitrogens is 1. The minimum Gasteiger partial charge on any atom is -0.494 e. The van der Waals surface area contributed by atoms with Crippen molar-refractivity contribution < 1.29 is 10.2 Å². The molecule has 1 aromatic heterocycles. The van der Waals surface area contributed by atoms with Gasteiger partial charge in [-0.25, -0.2) is 4.99 Å². The average molecular weight is 463 g/mol. The number of nitrogens with zero attached hydrogens (tertiary/aromatic N) is 1. The Morgan fingerprint density at radius 1 is 1.26 bits per heavy atom. The van der Waals surface area contributed by atoms with Crippen molar-refractivity contribution in [3.63, 3.8) is 0 Å². The third-order valence-corrected chi connectivity index (χ3v) is 6.36. The Morgan fingerprint density at radius 3 is 2.65 bits per heavy atom. The highest BCUT2D eigenvalue weighted by atomic mass is 16.3. The van der Waals surface area contributed by atoms with Crippen LogP contribution in [-0.2, 0) is 6.42 Å². The molecule has 0 amide bonds. The topological polar surface area (TPSA) is 104 Å². The predicted molar refractivity (Wildman–Crippen MR) is 141 cm³/mol. The van der Waals surface area contributed by atoms with Gasteiger partial charge in [-0.2, -0.15) is 0 Å². The van der Waals surface area contributed by atoms with Gasteiger partial charge in [0, 0.05) is 29.2 Å². The monoisotopic (exact) mass is 462 g/mol. The molecule has 6 heteroatoms. The van der Waals surface area contributed by atoms with Crippen molar-refractivity contribution in [1.82, 2.24) is 10.3 Å². The minimum absolute atomic E-state index is 0.0596. The van der Waals surface area contributed by atoms with Gasteiger partial charge in [-0.05, 0) is 69.2 Å². The lowest BCUT2D eigenvalue weighted by molar-refractivity contribution is 0.0835. The molecule has 0 fully saturated rings. The number of benzene rings is 1. The number of hydrogen-bond acceptors (Lipinski definition) is 4. The first kappa shape index (κ1) is 25.5. The van der Waals surface area contributed by atoms with E-state index in [4.69, 9.17) is 5.41 Å². The summed E-state index contributed by atoms with van der Waals surface area (Å²) in [6, 6.07) is 6.70. The average Bonchev–Trinajstić information content (AvgIpc) is 3.10. The molecular formula is C28H38N4O2. The first-order chi connectivity index (χ1) is 16.0. The van der Waals surface area contributed by atoms with Crippen LogP contribution in [0, 0.1) is 18.3 Å². The molecule has 2 atom stereocenters. The number of aromatic nitrogens is 1. The van der Waals surface area contributed by atoms with Crippen molar-refractivity contribution in [1.29, 1.82) is 5.41 Å². The van der Waals surface area contributed by atoms with Gasteiger partial charge in [-0.1, -0.05) is 44.2 Å². The number of nitrogens with one attached hydrogen (secondary N) is 3. The predicted octanol–water partition coefficient (Wildman–Crippen LogP) is 3.64. The Balaban J connectivity index is 1.99. The Morgan fingerprint density at radius 2 is 2.00 bits per heavy atom. The molecule has 0 saturated carbocycles. The number of fused-ring (bicyclic) bond motifs is 1. The summed E-state index contributed by atoms with van der Waals surface area (Å²) in [5.41, 5.74) is 4.29. The maximum atomic E-state index is 10.7. The maximum absolute atomic E-state index is 10.7. The molecule has 34 heavy (non-hydrogen) atoms. The summed E-state index contributed by atoms with van der Waals surface area (Å²) >= 11 is 0. The van der Waals surface area contributed by atoms with Crippen molar-refractivity contribution in [2.24, 2.45) is 10.9 Å². The van der Waals surface area contributed by atoms with Crippen LogP contribution in [0.25, 0.3) is 12.2 Å². The Hall–Kier alpha value is -3.12. The van der Waals surface area contributed by atoms with Gasteiger partial charge < -0.3 is 20.5 Å². The van der Waals surface area contributed by atoms with Crippen LogP contribution in [0.2, 0.25) is 0 Å². The van der Waals surface area contributed by atoms with Crippen LogP contribution in [0.3, 0.4) is 0 Å². The van der Waals surface area contributed by atoms with E-state index in [-0.39, 0.29) is 17.6 Å². The van der Waals surface area contributed by atoms with Crippen LogP contribution in [0.15, 0.2) is 35.5 Å². The molecule has 2 unspecified atom stereocenters. The number of aliphatic hydroxyl groups is 1. The number of aromatic hydroxyl groups is 1. The lowest BCUT2D eigenvalue weighted by atomic mass is 9.78. The van der Waals surface area contributed by atoms with Crippen LogP contribution in [0.5, 0.6) is 5.88 Å². The molecular weight excluding hydrogens is 424 g/mol. The van der Waals surface area contributed by atoms with Crippen molar-refractivity contribution in [3.05, 3.63) is 63.3 Å². The zero-order valence-electron chi connectivity index (χ0n) is 21.2. The summed E-state index contributed by atoms with van der Waals surface area (Å²) in [7, 11) is 0. The van der Waals surface area contributed by atoms with E-state index in [1.54, 1.807) is 20.0 Å². The SMILES string of the molecule is CCc1ccc(C)c(C2C=c3c(C(C)=NC(=N)/C=C\NCC(C)(C)O)c(O)[nH]c3=CC2CC)c1. The van der Waals surface area contributed by atoms with Crippen LogP contribution < -0.4 is 15.9 Å². The first-order valence-electron chi connectivity index (χ1n) is 12.0. The highest BCUT2D eigenvalue weighted by Gasteiger charge is 2.25. The fraction of sp³-hybridized carbons (Fsp3) is 0.429. The first-order valence-corrected chi connectivity index (χ1v) is 12.0. The number of hydrogen-bond donors (Lipinski definition) is 5. The molecule has 3 rings (SSSR count). The zero-order chi connectivity index (χ0) is 25.0. The largest absolute Gasteiger partial charge is 0.494 e. The Bertz CT molecular complexity index is 1230. The van der Waals surface area contributed by atoms with Crippen molar-refractivity contribution >= 4 is 23.7 Å². The van der Waals surface area contributed by atoms with E-state index in [1.165, 1.54) is 22.8 Å². The van der Waals surface area contributed by atoms with Crippen LogP contribution >= 0.6 is 0 Å². The molecule has 1 aliphatic rings. The standard InChI is InChI=1S/C28H38N4O2/c1-7-19-10-9-17(3)21(13-19)22-15-23-24(14-20(22)8-2)32-27(33)26(23)18(4)31-25(29)11-12-30-16-28(5,6)34/h9-15,20,22,29-30,32-34H,7-8,16H2,1-6H3/b12-11-,29-25?,31-18?. The molecule has 1 aliphatic carbocycles. The molecule has 0 aliphatic heterocycles. The fourth-order valence-corrected chi connectivity index (χ4v) is 4.49. The Labute approximate surface area is 202 Å². The van der Waals surface area contributed by atoms with Gasteiger partial charge in [0.1, 0.15) is 5.84 Å². The third kappa shape index (κ3) is 5.86. The van der Waals surface area contributed by atoms with Gasteiger partial charge in [0.25, 0.3) is 0 Å². The van der Waals surface area contributed by atoms with Crippen LogP contribution in [0.4, 0.5) is 0 Å². The second kappa shape index (κ2) is 10.4. The van der Waals surface area contributed by atoms with Gasteiger partial charge in [-0.15, -0.1) is 0 Å². The highest BCUT2D eigenvalue weighted by molar-refractivity contribution is 6.09. The van der Waals surface area contributed by atoms with E-state index < -0.39 is 5.60 Å². The molecule has 5 N–H and O–H groups in total. The molecule has 2 aromatic rings. The van der Waals surface area contributed by atoms with Crippen LogP contribution in [0.1, 0.15) is 69.2 Å². The van der Waals surface area contributed by atoms with Gasteiger partial charge in [-0.3, -0.25) is 5.41 Å². The van der Waals surface area contributed by atoms with Crippen molar-refractivity contribution in [3.8, 4) is 5.88 Å². The van der Waals surface area contributed by atoms with E-state index in [0.29, 0.717) is 23.7 Å². The lowest BCUT2D eigenvalue weighted by Gasteiger charge is -2.25. The highest BCUT2D eigenvalue weighted by Crippen LogP contribution is 2.34. The molecule has 0 spiro atoms. The third-order valence-electron chi connectivity index (χ3n) is 6.36. The second-order valence-corrected chi connectivity index (χ2v) is 9.76. The fourth-order valence-electron chi connectivity index (χ4n) is 4.49.